The molecule has 2 N–H and O–H groups in total. The number of anilines is 2. The first kappa shape index (κ1) is 14.4. The smallest absolute Gasteiger partial charge is 0.135 e. The zero-order valence-electron chi connectivity index (χ0n) is 12.4. The van der Waals surface area contributed by atoms with Crippen molar-refractivity contribution in [1.82, 2.24) is 9.97 Å². The van der Waals surface area contributed by atoms with Gasteiger partial charge in [-0.3, -0.25) is 0 Å². The number of nitrogens with one attached hydrogen (secondary N) is 2. The van der Waals surface area contributed by atoms with Crippen LogP contribution in [0, 0.1) is 6.92 Å². The van der Waals surface area contributed by atoms with Crippen LogP contribution in [0.5, 0.6) is 0 Å². The molecule has 5 heteroatoms. The van der Waals surface area contributed by atoms with Gasteiger partial charge in [-0.15, -0.1) is 0 Å². The van der Waals surface area contributed by atoms with E-state index < -0.39 is 0 Å². The Morgan fingerprint density at radius 3 is 2.50 bits per heavy atom. The Kier molecular flexibility index (Phi) is 4.98. The molecule has 108 valence electrons. The van der Waals surface area contributed by atoms with Crippen LogP contribution < -0.4 is 10.6 Å². The van der Waals surface area contributed by atoms with Crippen molar-refractivity contribution in [3.63, 3.8) is 0 Å². The van der Waals surface area contributed by atoms with E-state index >= 15 is 0 Å². The minimum absolute atomic E-state index is 0.626. The summed E-state index contributed by atoms with van der Waals surface area (Å²) >= 11 is 0. The number of rotatable bonds is 7. The van der Waals surface area contributed by atoms with E-state index in [0.29, 0.717) is 6.54 Å². The van der Waals surface area contributed by atoms with Gasteiger partial charge in [0.2, 0.25) is 0 Å². The summed E-state index contributed by atoms with van der Waals surface area (Å²) in [7, 11) is 0. The SMILES string of the molecule is CCCNc1nc(CC)nc(NCc2ccco2)c1C. The molecule has 2 aromatic heterocycles. The number of hydrogen-bond acceptors (Lipinski definition) is 5. The minimum atomic E-state index is 0.626. The molecule has 0 fully saturated rings. The average molecular weight is 274 g/mol. The fourth-order valence-electron chi connectivity index (χ4n) is 1.89. The topological polar surface area (TPSA) is 63.0 Å². The lowest BCUT2D eigenvalue weighted by molar-refractivity contribution is 0.517. The molecular weight excluding hydrogens is 252 g/mol. The summed E-state index contributed by atoms with van der Waals surface area (Å²) in [6.07, 6.45) is 3.56. The summed E-state index contributed by atoms with van der Waals surface area (Å²) in [6, 6.07) is 3.83. The fraction of sp³-hybridized carbons (Fsp3) is 0.467. The molecule has 0 saturated heterocycles. The van der Waals surface area contributed by atoms with Crippen LogP contribution in [0.25, 0.3) is 0 Å². The molecule has 0 aromatic carbocycles. The average Bonchev–Trinajstić information content (AvgIpc) is 2.98. The van der Waals surface area contributed by atoms with Crippen molar-refractivity contribution in [3.05, 3.63) is 35.5 Å². The molecule has 0 bridgehead atoms. The van der Waals surface area contributed by atoms with E-state index in [0.717, 1.165) is 48.2 Å². The van der Waals surface area contributed by atoms with E-state index in [1.807, 2.05) is 19.1 Å². The summed E-state index contributed by atoms with van der Waals surface area (Å²) in [4.78, 5) is 9.10. The van der Waals surface area contributed by atoms with Crippen LogP contribution >= 0.6 is 0 Å². The maximum atomic E-state index is 5.33. The molecular formula is C15H22N4O. The molecule has 5 nitrogen and oxygen atoms in total. The molecule has 0 aliphatic carbocycles. The van der Waals surface area contributed by atoms with Gasteiger partial charge in [-0.1, -0.05) is 13.8 Å². The highest BCUT2D eigenvalue weighted by atomic mass is 16.3. The van der Waals surface area contributed by atoms with Crippen LogP contribution in [0.3, 0.4) is 0 Å². The van der Waals surface area contributed by atoms with Gasteiger partial charge in [-0.25, -0.2) is 9.97 Å². The number of aromatic nitrogens is 2. The first-order valence-corrected chi connectivity index (χ1v) is 7.12. The van der Waals surface area contributed by atoms with Gasteiger partial charge in [0.1, 0.15) is 23.2 Å². The Morgan fingerprint density at radius 1 is 1.15 bits per heavy atom. The molecule has 20 heavy (non-hydrogen) atoms. The third kappa shape index (κ3) is 3.50. The Morgan fingerprint density at radius 2 is 1.90 bits per heavy atom. The van der Waals surface area contributed by atoms with Crippen LogP contribution in [-0.2, 0) is 13.0 Å². The van der Waals surface area contributed by atoms with Gasteiger partial charge >= 0.3 is 0 Å². The fourth-order valence-corrected chi connectivity index (χ4v) is 1.89. The predicted octanol–water partition coefficient (Wildman–Crippen LogP) is 3.37. The van der Waals surface area contributed by atoms with Crippen LogP contribution in [0.2, 0.25) is 0 Å². The lowest BCUT2D eigenvalue weighted by Gasteiger charge is -2.14. The predicted molar refractivity (Wildman–Crippen MR) is 81.0 cm³/mol. The summed E-state index contributed by atoms with van der Waals surface area (Å²) in [5.74, 6) is 3.52. The van der Waals surface area contributed by atoms with Crippen molar-refractivity contribution in [2.45, 2.75) is 40.2 Å². The molecule has 0 radical (unpaired) electrons. The third-order valence-electron chi connectivity index (χ3n) is 3.06. The molecule has 0 unspecified atom stereocenters. The van der Waals surface area contributed by atoms with Crippen molar-refractivity contribution in [3.8, 4) is 0 Å². The molecule has 0 amide bonds. The molecule has 0 spiro atoms. The lowest BCUT2D eigenvalue weighted by atomic mass is 10.2. The van der Waals surface area contributed by atoms with Gasteiger partial charge in [0.25, 0.3) is 0 Å². The van der Waals surface area contributed by atoms with Crippen LogP contribution in [0.15, 0.2) is 22.8 Å². The Labute approximate surface area is 119 Å². The van der Waals surface area contributed by atoms with E-state index in [1.165, 1.54) is 0 Å². The van der Waals surface area contributed by atoms with Crippen molar-refractivity contribution in [1.29, 1.82) is 0 Å². The van der Waals surface area contributed by atoms with Crippen LogP contribution in [-0.4, -0.2) is 16.5 Å². The van der Waals surface area contributed by atoms with Gasteiger partial charge < -0.3 is 15.1 Å². The second kappa shape index (κ2) is 6.93. The van der Waals surface area contributed by atoms with Crippen molar-refractivity contribution in [2.24, 2.45) is 0 Å². The maximum Gasteiger partial charge on any atom is 0.135 e. The third-order valence-corrected chi connectivity index (χ3v) is 3.06. The summed E-state index contributed by atoms with van der Waals surface area (Å²) in [6.45, 7) is 7.77. The standard InChI is InChI=1S/C15H22N4O/c1-4-8-16-14-11(3)15(19-13(5-2)18-14)17-10-12-7-6-9-20-12/h6-7,9H,4-5,8,10H2,1-3H3,(H2,16,17,18,19). The first-order chi connectivity index (χ1) is 9.74. The summed E-state index contributed by atoms with van der Waals surface area (Å²) < 4.78 is 5.33. The normalized spacial score (nSPS) is 10.6. The zero-order chi connectivity index (χ0) is 14.4. The monoisotopic (exact) mass is 274 g/mol. The Balaban J connectivity index is 2.17. The molecule has 0 atom stereocenters. The van der Waals surface area contributed by atoms with E-state index in [2.05, 4.69) is 34.4 Å². The number of hydrogen-bond donors (Lipinski definition) is 2. The van der Waals surface area contributed by atoms with E-state index in [1.54, 1.807) is 6.26 Å². The van der Waals surface area contributed by atoms with Crippen LogP contribution in [0.1, 0.15) is 37.4 Å². The van der Waals surface area contributed by atoms with E-state index in [4.69, 9.17) is 4.42 Å². The molecule has 0 aliphatic rings. The van der Waals surface area contributed by atoms with Gasteiger partial charge in [0.05, 0.1) is 12.8 Å². The molecule has 0 aliphatic heterocycles. The van der Waals surface area contributed by atoms with Gasteiger partial charge in [0, 0.05) is 18.5 Å². The van der Waals surface area contributed by atoms with Crippen molar-refractivity contribution >= 4 is 11.6 Å². The first-order valence-electron chi connectivity index (χ1n) is 7.12. The second-order valence-electron chi connectivity index (χ2n) is 4.68. The quantitative estimate of drug-likeness (QED) is 0.810. The molecule has 2 heterocycles. The Bertz CT molecular complexity index is 537. The Hall–Kier alpha value is -2.04. The second-order valence-corrected chi connectivity index (χ2v) is 4.68. The van der Waals surface area contributed by atoms with Gasteiger partial charge in [0.15, 0.2) is 0 Å². The van der Waals surface area contributed by atoms with Crippen LogP contribution in [0.4, 0.5) is 11.6 Å². The van der Waals surface area contributed by atoms with Crippen molar-refractivity contribution in [2.75, 3.05) is 17.2 Å². The number of furan rings is 1. The lowest BCUT2D eigenvalue weighted by Crippen LogP contribution is -2.11. The van der Waals surface area contributed by atoms with E-state index in [-0.39, 0.29) is 0 Å². The minimum Gasteiger partial charge on any atom is -0.467 e. The molecule has 2 rings (SSSR count). The van der Waals surface area contributed by atoms with E-state index in [9.17, 15) is 0 Å². The number of aryl methyl sites for hydroxylation is 1. The molecule has 2 aromatic rings. The largest absolute Gasteiger partial charge is 0.467 e. The summed E-state index contributed by atoms with van der Waals surface area (Å²) in [5.41, 5.74) is 1.04. The van der Waals surface area contributed by atoms with Gasteiger partial charge in [-0.05, 0) is 25.5 Å². The highest BCUT2D eigenvalue weighted by Gasteiger charge is 2.10. The van der Waals surface area contributed by atoms with Crippen molar-refractivity contribution < 1.29 is 4.42 Å². The maximum absolute atomic E-state index is 5.33. The zero-order valence-corrected chi connectivity index (χ0v) is 12.4. The summed E-state index contributed by atoms with van der Waals surface area (Å²) in [5, 5.41) is 6.68. The molecule has 0 saturated carbocycles. The number of nitrogens with zero attached hydrogens (tertiary/aromatic N) is 2. The highest BCUT2D eigenvalue weighted by Crippen LogP contribution is 2.21. The van der Waals surface area contributed by atoms with Gasteiger partial charge in [-0.2, -0.15) is 0 Å². The highest BCUT2D eigenvalue weighted by molar-refractivity contribution is 5.57.